The summed E-state index contributed by atoms with van der Waals surface area (Å²) in [7, 11) is -3.84. The van der Waals surface area contributed by atoms with Crippen LogP contribution in [-0.2, 0) is 33.4 Å². The minimum absolute atomic E-state index is 0.0792. The van der Waals surface area contributed by atoms with Crippen molar-refractivity contribution in [2.75, 3.05) is 13.2 Å². The van der Waals surface area contributed by atoms with Gasteiger partial charge in [-0.25, -0.2) is 17.8 Å². The first kappa shape index (κ1) is 24.3. The average Bonchev–Trinajstić information content (AvgIpc) is 3.58. The smallest absolute Gasteiger partial charge is 0.264 e. The Balaban J connectivity index is 1.66. The van der Waals surface area contributed by atoms with Gasteiger partial charge in [0.15, 0.2) is 0 Å². The Kier molecular flexibility index (Phi) is 7.60. The molecule has 1 atom stereocenters. The number of aromatic nitrogens is 2. The number of imidazole rings is 1. The predicted molar refractivity (Wildman–Crippen MR) is 128 cm³/mol. The molecule has 7 nitrogen and oxygen atoms in total. The number of rotatable bonds is 10. The standard InChI is InChI=1S/C24H26FN3O4S2/c1-2-11-27(23(29)22-6-4-13-33-22)15-20-14-26-24(28(20)16-21-5-3-12-32-21)34(30,31)17-18-7-9-19(25)10-8-18/h2,4,6-10,13-14,21H,1,3,5,11-12,15-17H2. The van der Waals surface area contributed by atoms with Gasteiger partial charge in [0.25, 0.3) is 5.91 Å². The van der Waals surface area contributed by atoms with E-state index in [0.717, 1.165) is 12.8 Å². The second-order valence-electron chi connectivity index (χ2n) is 8.11. The molecule has 1 amide bonds. The van der Waals surface area contributed by atoms with E-state index < -0.39 is 15.7 Å². The highest BCUT2D eigenvalue weighted by atomic mass is 32.2. The van der Waals surface area contributed by atoms with Crippen LogP contribution in [0.25, 0.3) is 0 Å². The van der Waals surface area contributed by atoms with Gasteiger partial charge in [0.05, 0.1) is 41.7 Å². The van der Waals surface area contributed by atoms with Gasteiger partial charge in [0.2, 0.25) is 15.0 Å². The zero-order valence-corrected chi connectivity index (χ0v) is 20.2. The number of benzene rings is 1. The van der Waals surface area contributed by atoms with E-state index in [2.05, 4.69) is 11.6 Å². The van der Waals surface area contributed by atoms with Gasteiger partial charge >= 0.3 is 0 Å². The number of amides is 1. The molecule has 3 heterocycles. The Labute approximate surface area is 202 Å². The third-order valence-electron chi connectivity index (χ3n) is 5.58. The number of carbonyl (C=O) groups excluding carboxylic acids is 1. The number of hydrogen-bond acceptors (Lipinski definition) is 6. The first-order valence-corrected chi connectivity index (χ1v) is 13.5. The first-order chi connectivity index (χ1) is 16.4. The van der Waals surface area contributed by atoms with Crippen LogP contribution in [0.1, 0.15) is 33.8 Å². The molecule has 0 spiro atoms. The Morgan fingerprint density at radius 2 is 2.12 bits per heavy atom. The molecule has 1 fully saturated rings. The first-order valence-electron chi connectivity index (χ1n) is 10.9. The highest BCUT2D eigenvalue weighted by molar-refractivity contribution is 7.90. The van der Waals surface area contributed by atoms with Crippen molar-refractivity contribution in [2.24, 2.45) is 0 Å². The lowest BCUT2D eigenvalue weighted by Crippen LogP contribution is -2.32. The van der Waals surface area contributed by atoms with Crippen molar-refractivity contribution in [3.63, 3.8) is 0 Å². The summed E-state index contributed by atoms with van der Waals surface area (Å²) < 4.78 is 47.3. The van der Waals surface area contributed by atoms with Gasteiger partial charge in [-0.1, -0.05) is 24.3 Å². The lowest BCUT2D eigenvalue weighted by atomic mass is 10.2. The van der Waals surface area contributed by atoms with Crippen LogP contribution in [0.15, 0.2) is 65.8 Å². The van der Waals surface area contributed by atoms with Crippen molar-refractivity contribution in [1.82, 2.24) is 14.5 Å². The summed E-state index contributed by atoms with van der Waals surface area (Å²) in [5.74, 6) is -0.892. The number of sulfone groups is 1. The Bertz CT molecular complexity index is 1230. The van der Waals surface area contributed by atoms with E-state index in [4.69, 9.17) is 4.74 Å². The van der Waals surface area contributed by atoms with Crippen molar-refractivity contribution in [1.29, 1.82) is 0 Å². The summed E-state index contributed by atoms with van der Waals surface area (Å²) in [5, 5.41) is 1.76. The topological polar surface area (TPSA) is 81.5 Å². The molecule has 0 N–H and O–H groups in total. The fraction of sp³-hybridized carbons (Fsp3) is 0.333. The van der Waals surface area contributed by atoms with E-state index in [0.29, 0.717) is 35.8 Å². The summed E-state index contributed by atoms with van der Waals surface area (Å²) >= 11 is 1.35. The number of hydrogen-bond donors (Lipinski definition) is 0. The van der Waals surface area contributed by atoms with Gasteiger partial charge in [-0.15, -0.1) is 17.9 Å². The van der Waals surface area contributed by atoms with Crippen LogP contribution in [-0.4, -0.2) is 48.0 Å². The van der Waals surface area contributed by atoms with Crippen molar-refractivity contribution < 1.29 is 22.3 Å². The second kappa shape index (κ2) is 10.6. The molecule has 4 rings (SSSR count). The van der Waals surface area contributed by atoms with Crippen LogP contribution in [0.2, 0.25) is 0 Å². The number of ether oxygens (including phenoxy) is 1. The maximum atomic E-state index is 13.3. The highest BCUT2D eigenvalue weighted by Crippen LogP contribution is 2.23. The van der Waals surface area contributed by atoms with Gasteiger partial charge in [-0.05, 0) is 42.0 Å². The Morgan fingerprint density at radius 1 is 1.32 bits per heavy atom. The molecule has 1 unspecified atom stereocenters. The monoisotopic (exact) mass is 503 g/mol. The summed E-state index contributed by atoms with van der Waals surface area (Å²) in [6.07, 6.45) is 4.74. The molecular weight excluding hydrogens is 477 g/mol. The molecule has 0 radical (unpaired) electrons. The largest absolute Gasteiger partial charge is 0.376 e. The fourth-order valence-corrected chi connectivity index (χ4v) is 6.14. The van der Waals surface area contributed by atoms with Crippen molar-refractivity contribution in [3.8, 4) is 0 Å². The van der Waals surface area contributed by atoms with Crippen LogP contribution in [0.5, 0.6) is 0 Å². The van der Waals surface area contributed by atoms with Crippen LogP contribution in [0.4, 0.5) is 4.39 Å². The molecule has 0 aliphatic carbocycles. The van der Waals surface area contributed by atoms with Gasteiger partial charge < -0.3 is 14.2 Å². The lowest BCUT2D eigenvalue weighted by molar-refractivity contribution is 0.0756. The third kappa shape index (κ3) is 5.63. The molecular formula is C24H26FN3O4S2. The molecule has 180 valence electrons. The van der Waals surface area contributed by atoms with Gasteiger partial charge in [0, 0.05) is 13.2 Å². The van der Waals surface area contributed by atoms with E-state index in [-0.39, 0.29) is 29.5 Å². The van der Waals surface area contributed by atoms with Gasteiger partial charge in [0.1, 0.15) is 5.82 Å². The zero-order chi connectivity index (χ0) is 24.1. The van der Waals surface area contributed by atoms with Gasteiger partial charge in [-0.3, -0.25) is 4.79 Å². The zero-order valence-electron chi connectivity index (χ0n) is 18.6. The summed E-state index contributed by atoms with van der Waals surface area (Å²) in [6, 6.07) is 8.94. The molecule has 3 aromatic rings. The minimum atomic E-state index is -3.84. The van der Waals surface area contributed by atoms with E-state index in [1.165, 1.54) is 41.8 Å². The second-order valence-corrected chi connectivity index (χ2v) is 10.9. The third-order valence-corrected chi connectivity index (χ3v) is 8.03. The summed E-state index contributed by atoms with van der Waals surface area (Å²) in [4.78, 5) is 19.5. The predicted octanol–water partition coefficient (Wildman–Crippen LogP) is 4.07. The fourth-order valence-electron chi connectivity index (χ4n) is 3.94. The van der Waals surface area contributed by atoms with Crippen molar-refractivity contribution in [3.05, 3.63) is 82.6 Å². The number of thiophene rings is 1. The molecule has 2 aromatic heterocycles. The summed E-state index contributed by atoms with van der Waals surface area (Å²) in [5.41, 5.74) is 1.07. The molecule has 1 aliphatic rings. The minimum Gasteiger partial charge on any atom is -0.376 e. The van der Waals surface area contributed by atoms with Crippen LogP contribution in [0.3, 0.4) is 0 Å². The van der Waals surface area contributed by atoms with Crippen molar-refractivity contribution in [2.45, 2.75) is 42.9 Å². The molecule has 34 heavy (non-hydrogen) atoms. The molecule has 1 aliphatic heterocycles. The SMILES string of the molecule is C=CCN(Cc1cnc(S(=O)(=O)Cc2ccc(F)cc2)n1CC1CCCO1)C(=O)c1cccs1. The van der Waals surface area contributed by atoms with E-state index in [1.54, 1.807) is 21.6 Å². The maximum absolute atomic E-state index is 13.3. The molecule has 10 heteroatoms. The molecule has 0 saturated carbocycles. The van der Waals surface area contributed by atoms with Gasteiger partial charge in [-0.2, -0.15) is 0 Å². The number of halogens is 1. The lowest BCUT2D eigenvalue weighted by Gasteiger charge is -2.22. The van der Waals surface area contributed by atoms with Crippen LogP contribution < -0.4 is 0 Å². The van der Waals surface area contributed by atoms with Crippen LogP contribution >= 0.6 is 11.3 Å². The van der Waals surface area contributed by atoms with E-state index in [9.17, 15) is 17.6 Å². The quantitative estimate of drug-likeness (QED) is 0.390. The number of carbonyl (C=O) groups is 1. The van der Waals surface area contributed by atoms with Crippen molar-refractivity contribution >= 4 is 27.1 Å². The van der Waals surface area contributed by atoms with Crippen LogP contribution in [0, 0.1) is 5.82 Å². The normalized spacial score (nSPS) is 16.0. The Hall–Kier alpha value is -2.82. The number of nitrogens with zero attached hydrogens (tertiary/aromatic N) is 3. The average molecular weight is 504 g/mol. The van der Waals surface area contributed by atoms with E-state index in [1.807, 2.05) is 11.4 Å². The Morgan fingerprint density at radius 3 is 2.76 bits per heavy atom. The molecule has 1 saturated heterocycles. The highest BCUT2D eigenvalue weighted by Gasteiger charge is 2.28. The molecule has 1 aromatic carbocycles. The summed E-state index contributed by atoms with van der Waals surface area (Å²) in [6.45, 7) is 5.19. The van der Waals surface area contributed by atoms with E-state index >= 15 is 0 Å². The molecule has 0 bridgehead atoms. The maximum Gasteiger partial charge on any atom is 0.264 e.